The van der Waals surface area contributed by atoms with E-state index in [4.69, 9.17) is 11.6 Å². The van der Waals surface area contributed by atoms with Crippen molar-refractivity contribution in [2.45, 2.75) is 18.8 Å². The highest BCUT2D eigenvalue weighted by Gasteiger charge is 2.64. The first-order valence-electron chi connectivity index (χ1n) is 6.30. The number of nitrogens with one attached hydrogen (secondary N) is 2. The van der Waals surface area contributed by atoms with Crippen LogP contribution in [0.5, 0.6) is 0 Å². The lowest BCUT2D eigenvalue weighted by Crippen LogP contribution is -2.66. The van der Waals surface area contributed by atoms with Crippen molar-refractivity contribution in [2.75, 3.05) is 19.0 Å². The first-order chi connectivity index (χ1) is 10.7. The van der Waals surface area contributed by atoms with Crippen molar-refractivity contribution in [3.05, 3.63) is 29.3 Å². The Kier molecular flexibility index (Phi) is 6.22. The summed E-state index contributed by atoms with van der Waals surface area (Å²) in [4.78, 5) is 23.4. The standard InChI is InChI=1S/C13H14ClF3N2O4/c1-3-23-10(20)12(22-2,13(15,16)17)19-11(21)18-9-6-4-8(14)5-7-9/h4-7H,3H2,1-2H3,(H2,18,19,21)/t12-/m0/s1. The van der Waals surface area contributed by atoms with E-state index in [1.165, 1.54) is 36.5 Å². The fourth-order valence-corrected chi connectivity index (χ4v) is 1.70. The summed E-state index contributed by atoms with van der Waals surface area (Å²) >= 11 is 5.66. The number of carbonyl (C=O) groups excluding carboxylic acids is 2. The topological polar surface area (TPSA) is 76.7 Å². The van der Waals surface area contributed by atoms with Gasteiger partial charge in [0.15, 0.2) is 0 Å². The molecule has 6 nitrogen and oxygen atoms in total. The molecule has 0 fully saturated rings. The van der Waals surface area contributed by atoms with Gasteiger partial charge in [-0.25, -0.2) is 9.59 Å². The Morgan fingerprint density at radius 3 is 2.22 bits per heavy atom. The van der Waals surface area contributed by atoms with Gasteiger partial charge in [-0.15, -0.1) is 0 Å². The number of amides is 2. The van der Waals surface area contributed by atoms with Crippen molar-refractivity contribution in [3.63, 3.8) is 0 Å². The van der Waals surface area contributed by atoms with Gasteiger partial charge in [-0.3, -0.25) is 5.32 Å². The van der Waals surface area contributed by atoms with Crippen LogP contribution in [0.1, 0.15) is 6.92 Å². The van der Waals surface area contributed by atoms with Crippen LogP contribution in [0.4, 0.5) is 23.7 Å². The molecule has 128 valence electrons. The van der Waals surface area contributed by atoms with Gasteiger partial charge in [-0.05, 0) is 31.2 Å². The second-order valence-corrected chi connectivity index (χ2v) is 4.63. The van der Waals surface area contributed by atoms with Crippen LogP contribution in [-0.4, -0.2) is 37.6 Å². The molecule has 1 rings (SSSR count). The second-order valence-electron chi connectivity index (χ2n) is 4.19. The fourth-order valence-electron chi connectivity index (χ4n) is 1.58. The quantitative estimate of drug-likeness (QED) is 0.629. The number of carbonyl (C=O) groups is 2. The third-order valence-corrected chi connectivity index (χ3v) is 2.91. The summed E-state index contributed by atoms with van der Waals surface area (Å²) in [6.07, 6.45) is -5.23. The van der Waals surface area contributed by atoms with Gasteiger partial charge in [-0.2, -0.15) is 13.2 Å². The molecule has 10 heteroatoms. The van der Waals surface area contributed by atoms with Crippen LogP contribution >= 0.6 is 11.6 Å². The van der Waals surface area contributed by atoms with Gasteiger partial charge in [0.25, 0.3) is 0 Å². The summed E-state index contributed by atoms with van der Waals surface area (Å²) in [5.41, 5.74) is -3.44. The molecular weight excluding hydrogens is 341 g/mol. The molecule has 0 aromatic heterocycles. The number of ether oxygens (including phenoxy) is 2. The highest BCUT2D eigenvalue weighted by Crippen LogP contribution is 2.32. The van der Waals surface area contributed by atoms with Crippen LogP contribution in [0.25, 0.3) is 0 Å². The average molecular weight is 355 g/mol. The van der Waals surface area contributed by atoms with Gasteiger partial charge >= 0.3 is 23.9 Å². The van der Waals surface area contributed by atoms with E-state index in [2.05, 4.69) is 14.8 Å². The number of alkyl halides is 3. The molecule has 0 aliphatic heterocycles. The third-order valence-electron chi connectivity index (χ3n) is 2.66. The van der Waals surface area contributed by atoms with E-state index in [0.717, 1.165) is 0 Å². The monoisotopic (exact) mass is 354 g/mol. The number of hydrogen-bond acceptors (Lipinski definition) is 4. The molecule has 0 aliphatic carbocycles. The van der Waals surface area contributed by atoms with Crippen molar-refractivity contribution in [3.8, 4) is 0 Å². The minimum absolute atomic E-state index is 0.169. The Morgan fingerprint density at radius 1 is 1.22 bits per heavy atom. The SMILES string of the molecule is CCOC(=O)[C@](NC(=O)Nc1ccc(Cl)cc1)(OC)C(F)(F)F. The van der Waals surface area contributed by atoms with Gasteiger partial charge in [0, 0.05) is 17.8 Å². The Labute approximate surface area is 134 Å². The fraction of sp³-hybridized carbons (Fsp3) is 0.385. The maximum Gasteiger partial charge on any atom is 0.448 e. The van der Waals surface area contributed by atoms with Crippen molar-refractivity contribution >= 4 is 29.3 Å². The molecule has 1 atom stereocenters. The van der Waals surface area contributed by atoms with Crippen LogP contribution < -0.4 is 10.6 Å². The molecule has 0 radical (unpaired) electrons. The van der Waals surface area contributed by atoms with E-state index in [1.807, 2.05) is 0 Å². The maximum absolute atomic E-state index is 13.2. The first-order valence-corrected chi connectivity index (χ1v) is 6.68. The second kappa shape index (κ2) is 7.51. The number of hydrogen-bond donors (Lipinski definition) is 2. The lowest BCUT2D eigenvalue weighted by Gasteiger charge is -2.32. The number of rotatable bonds is 5. The summed E-state index contributed by atoms with van der Waals surface area (Å²) in [6, 6.07) is 4.29. The molecule has 0 aliphatic rings. The molecule has 1 aromatic carbocycles. The van der Waals surface area contributed by atoms with E-state index >= 15 is 0 Å². The summed E-state index contributed by atoms with van der Waals surface area (Å²) in [6.45, 7) is 1.00. The summed E-state index contributed by atoms with van der Waals surface area (Å²) in [5, 5.41) is 3.97. The normalized spacial score (nSPS) is 13.8. The predicted molar refractivity (Wildman–Crippen MR) is 76.0 cm³/mol. The van der Waals surface area contributed by atoms with E-state index in [1.54, 1.807) is 0 Å². The maximum atomic E-state index is 13.2. The molecule has 0 spiro atoms. The van der Waals surface area contributed by atoms with Gasteiger partial charge in [-0.1, -0.05) is 11.6 Å². The third kappa shape index (κ3) is 4.49. The van der Waals surface area contributed by atoms with Crippen molar-refractivity contribution < 1.29 is 32.2 Å². The van der Waals surface area contributed by atoms with Gasteiger partial charge in [0.2, 0.25) is 0 Å². The summed E-state index contributed by atoms with van der Waals surface area (Å²) in [5.74, 6) is -1.78. The van der Waals surface area contributed by atoms with Crippen LogP contribution in [-0.2, 0) is 14.3 Å². The van der Waals surface area contributed by atoms with E-state index in [9.17, 15) is 22.8 Å². The largest absolute Gasteiger partial charge is 0.462 e. The number of esters is 1. The summed E-state index contributed by atoms with van der Waals surface area (Å²) in [7, 11) is 0.632. The number of methoxy groups -OCH3 is 1. The van der Waals surface area contributed by atoms with E-state index in [-0.39, 0.29) is 12.3 Å². The lowest BCUT2D eigenvalue weighted by atomic mass is 10.2. The Balaban J connectivity index is 2.98. The lowest BCUT2D eigenvalue weighted by molar-refractivity contribution is -0.276. The zero-order valence-electron chi connectivity index (χ0n) is 12.2. The van der Waals surface area contributed by atoms with E-state index < -0.39 is 23.9 Å². The van der Waals surface area contributed by atoms with Gasteiger partial charge in [0.05, 0.1) is 6.61 Å². The minimum Gasteiger partial charge on any atom is -0.462 e. The van der Waals surface area contributed by atoms with Crippen molar-refractivity contribution in [1.82, 2.24) is 5.32 Å². The molecule has 0 heterocycles. The molecule has 0 saturated carbocycles. The van der Waals surface area contributed by atoms with Crippen molar-refractivity contribution in [1.29, 1.82) is 0 Å². The number of anilines is 1. The predicted octanol–water partition coefficient (Wildman–Crippen LogP) is 2.93. The highest BCUT2D eigenvalue weighted by atomic mass is 35.5. The van der Waals surface area contributed by atoms with Crippen LogP contribution in [0.15, 0.2) is 24.3 Å². The Morgan fingerprint density at radius 2 is 1.78 bits per heavy atom. The minimum atomic E-state index is -5.23. The van der Waals surface area contributed by atoms with Crippen LogP contribution in [0.3, 0.4) is 0 Å². The zero-order chi connectivity index (χ0) is 17.7. The van der Waals surface area contributed by atoms with Crippen LogP contribution in [0.2, 0.25) is 5.02 Å². The molecule has 0 saturated heterocycles. The molecule has 1 aromatic rings. The van der Waals surface area contributed by atoms with Crippen LogP contribution in [0, 0.1) is 0 Å². The van der Waals surface area contributed by atoms with E-state index in [0.29, 0.717) is 12.1 Å². The molecule has 0 bridgehead atoms. The molecular formula is C13H14ClF3N2O4. The highest BCUT2D eigenvalue weighted by molar-refractivity contribution is 6.30. The number of halogens is 4. The zero-order valence-corrected chi connectivity index (χ0v) is 12.9. The first kappa shape index (κ1) is 19.0. The summed E-state index contributed by atoms with van der Waals surface area (Å²) < 4.78 is 48.2. The molecule has 2 amide bonds. The van der Waals surface area contributed by atoms with Gasteiger partial charge in [0.1, 0.15) is 0 Å². The average Bonchev–Trinajstić information content (AvgIpc) is 2.46. The molecule has 2 N–H and O–H groups in total. The molecule has 0 unspecified atom stereocenters. The number of benzene rings is 1. The molecule has 23 heavy (non-hydrogen) atoms. The number of urea groups is 1. The smallest absolute Gasteiger partial charge is 0.448 e. The van der Waals surface area contributed by atoms with Crippen molar-refractivity contribution in [2.24, 2.45) is 0 Å². The van der Waals surface area contributed by atoms with Gasteiger partial charge < -0.3 is 14.8 Å². The Hall–Kier alpha value is -2.00. The Bertz CT molecular complexity index is 565.